The van der Waals surface area contributed by atoms with Crippen molar-refractivity contribution >= 4 is 16.9 Å². The number of aromatic nitrogens is 1. The summed E-state index contributed by atoms with van der Waals surface area (Å²) in [5.41, 5.74) is 2.34. The van der Waals surface area contributed by atoms with E-state index in [1.807, 2.05) is 36.7 Å². The molecule has 0 amide bonds. The summed E-state index contributed by atoms with van der Waals surface area (Å²) in [5.74, 6) is 0.281. The number of carbonyl (C=O) groups is 1. The molecular weight excluding hydrogens is 386 g/mol. The predicted octanol–water partition coefficient (Wildman–Crippen LogP) is 1.01. The van der Waals surface area contributed by atoms with Crippen LogP contribution in [0.5, 0.6) is 5.75 Å². The molecule has 2 aromatic rings. The van der Waals surface area contributed by atoms with Crippen molar-refractivity contribution in [2.75, 3.05) is 59.1 Å². The molecule has 8 nitrogen and oxygen atoms in total. The molecular formula is C22H33N3O5. The van der Waals surface area contributed by atoms with E-state index in [1.54, 1.807) is 6.92 Å². The Morgan fingerprint density at radius 3 is 2.57 bits per heavy atom. The summed E-state index contributed by atoms with van der Waals surface area (Å²) in [6, 6.07) is 5.62. The van der Waals surface area contributed by atoms with Crippen LogP contribution in [-0.2, 0) is 11.8 Å². The van der Waals surface area contributed by atoms with Crippen LogP contribution in [-0.4, -0.2) is 95.7 Å². The lowest BCUT2D eigenvalue weighted by Gasteiger charge is -2.35. The number of carbonyl (C=O) groups excluding carboxylic acids is 1. The number of benzene rings is 1. The number of ether oxygens (including phenoxy) is 2. The van der Waals surface area contributed by atoms with E-state index >= 15 is 0 Å². The number of aliphatic hydroxyl groups excluding tert-OH is 2. The van der Waals surface area contributed by atoms with E-state index in [1.165, 1.54) is 0 Å². The zero-order chi connectivity index (χ0) is 21.7. The van der Waals surface area contributed by atoms with Gasteiger partial charge in [0.15, 0.2) is 0 Å². The molecule has 0 unspecified atom stereocenters. The molecule has 0 radical (unpaired) electrons. The van der Waals surface area contributed by atoms with E-state index in [0.29, 0.717) is 31.0 Å². The van der Waals surface area contributed by atoms with Crippen molar-refractivity contribution in [2.45, 2.75) is 20.0 Å². The SMILES string of the molecule is CCOC(=O)c1c(C)n(C)c2ccc(OC[C@H](O)CN3CCN(CCO)CC3)cc12. The van der Waals surface area contributed by atoms with Gasteiger partial charge in [-0.25, -0.2) is 4.79 Å². The van der Waals surface area contributed by atoms with E-state index in [0.717, 1.165) is 42.8 Å². The molecule has 0 spiro atoms. The number of β-amino-alcohol motifs (C(OH)–C–C–N with tert-alkyl or cyclic N) is 2. The summed E-state index contributed by atoms with van der Waals surface area (Å²) in [5, 5.41) is 20.2. The molecule has 1 saturated heterocycles. The maximum absolute atomic E-state index is 12.4. The fourth-order valence-electron chi connectivity index (χ4n) is 3.98. The van der Waals surface area contributed by atoms with Crippen molar-refractivity contribution in [3.63, 3.8) is 0 Å². The van der Waals surface area contributed by atoms with Crippen LogP contribution < -0.4 is 4.74 Å². The molecule has 0 saturated carbocycles. The van der Waals surface area contributed by atoms with Crippen LogP contribution in [0.3, 0.4) is 0 Å². The molecule has 0 aliphatic carbocycles. The van der Waals surface area contributed by atoms with Crippen LogP contribution in [0.2, 0.25) is 0 Å². The molecule has 1 aromatic carbocycles. The lowest BCUT2D eigenvalue weighted by molar-refractivity contribution is 0.0428. The highest BCUT2D eigenvalue weighted by molar-refractivity contribution is 6.06. The summed E-state index contributed by atoms with van der Waals surface area (Å²) in [7, 11) is 1.92. The average Bonchev–Trinajstić information content (AvgIpc) is 2.98. The maximum Gasteiger partial charge on any atom is 0.340 e. The minimum absolute atomic E-state index is 0.180. The second-order valence-electron chi connectivity index (χ2n) is 7.75. The first-order valence-corrected chi connectivity index (χ1v) is 10.6. The largest absolute Gasteiger partial charge is 0.491 e. The van der Waals surface area contributed by atoms with Gasteiger partial charge in [0.1, 0.15) is 18.5 Å². The molecule has 1 aliphatic rings. The van der Waals surface area contributed by atoms with Gasteiger partial charge >= 0.3 is 5.97 Å². The predicted molar refractivity (Wildman–Crippen MR) is 115 cm³/mol. The average molecular weight is 420 g/mol. The highest BCUT2D eigenvalue weighted by atomic mass is 16.5. The summed E-state index contributed by atoms with van der Waals surface area (Å²) >= 11 is 0. The first-order valence-electron chi connectivity index (χ1n) is 10.6. The zero-order valence-corrected chi connectivity index (χ0v) is 18.1. The molecule has 0 bridgehead atoms. The van der Waals surface area contributed by atoms with Gasteiger partial charge < -0.3 is 24.3 Å². The third-order valence-corrected chi connectivity index (χ3v) is 5.74. The van der Waals surface area contributed by atoms with Gasteiger partial charge in [-0.05, 0) is 32.0 Å². The quantitative estimate of drug-likeness (QED) is 0.587. The van der Waals surface area contributed by atoms with Gasteiger partial charge in [0, 0.05) is 62.9 Å². The van der Waals surface area contributed by atoms with Crippen molar-refractivity contribution in [3.05, 3.63) is 29.5 Å². The Balaban J connectivity index is 1.61. The van der Waals surface area contributed by atoms with Gasteiger partial charge in [-0.2, -0.15) is 0 Å². The number of hydrogen-bond donors (Lipinski definition) is 2. The summed E-state index contributed by atoms with van der Waals surface area (Å²) in [6.45, 7) is 9.17. The van der Waals surface area contributed by atoms with Crippen molar-refractivity contribution in [1.82, 2.24) is 14.4 Å². The van der Waals surface area contributed by atoms with Crippen molar-refractivity contribution in [3.8, 4) is 5.75 Å². The van der Waals surface area contributed by atoms with Crippen LogP contribution in [0.15, 0.2) is 18.2 Å². The molecule has 30 heavy (non-hydrogen) atoms. The standard InChI is InChI=1S/C22H33N3O5/c1-4-29-22(28)21-16(2)23(3)20-6-5-18(13-19(20)21)30-15-17(27)14-25-9-7-24(8-10-25)11-12-26/h5-6,13,17,26-27H,4,7-12,14-15H2,1-3H3/t17-/m1/s1. The van der Waals surface area contributed by atoms with Crippen molar-refractivity contribution < 1.29 is 24.5 Å². The highest BCUT2D eigenvalue weighted by Crippen LogP contribution is 2.29. The van der Waals surface area contributed by atoms with E-state index in [2.05, 4.69) is 9.80 Å². The van der Waals surface area contributed by atoms with Gasteiger partial charge in [-0.1, -0.05) is 0 Å². The summed E-state index contributed by atoms with van der Waals surface area (Å²) in [4.78, 5) is 16.8. The Hall–Kier alpha value is -2.13. The fourth-order valence-corrected chi connectivity index (χ4v) is 3.98. The normalized spacial score (nSPS) is 16.7. The Labute approximate surface area is 177 Å². The monoisotopic (exact) mass is 419 g/mol. The number of hydrogen-bond acceptors (Lipinski definition) is 7. The number of aryl methyl sites for hydroxylation is 1. The molecule has 1 aromatic heterocycles. The molecule has 166 valence electrons. The van der Waals surface area contributed by atoms with Crippen molar-refractivity contribution in [1.29, 1.82) is 0 Å². The number of esters is 1. The van der Waals surface area contributed by atoms with Crippen LogP contribution in [0.1, 0.15) is 23.0 Å². The van der Waals surface area contributed by atoms with Crippen LogP contribution >= 0.6 is 0 Å². The lowest BCUT2D eigenvalue weighted by atomic mass is 10.1. The molecule has 8 heteroatoms. The highest BCUT2D eigenvalue weighted by Gasteiger charge is 2.21. The Bertz CT molecular complexity index is 858. The van der Waals surface area contributed by atoms with E-state index in [9.17, 15) is 9.90 Å². The van der Waals surface area contributed by atoms with Gasteiger partial charge in [-0.3, -0.25) is 9.80 Å². The molecule has 2 heterocycles. The topological polar surface area (TPSA) is 87.4 Å². The summed E-state index contributed by atoms with van der Waals surface area (Å²) < 4.78 is 13.0. The molecule has 3 rings (SSSR count). The minimum atomic E-state index is -0.605. The van der Waals surface area contributed by atoms with Crippen LogP contribution in [0.4, 0.5) is 0 Å². The fraction of sp³-hybridized carbons (Fsp3) is 0.591. The minimum Gasteiger partial charge on any atom is -0.491 e. The Kier molecular flexibility index (Phi) is 7.71. The zero-order valence-electron chi connectivity index (χ0n) is 18.1. The molecule has 1 fully saturated rings. The lowest BCUT2D eigenvalue weighted by Crippen LogP contribution is -2.49. The van der Waals surface area contributed by atoms with E-state index in [-0.39, 0.29) is 19.2 Å². The van der Waals surface area contributed by atoms with E-state index < -0.39 is 6.10 Å². The molecule has 1 atom stereocenters. The smallest absolute Gasteiger partial charge is 0.340 e. The van der Waals surface area contributed by atoms with Crippen molar-refractivity contribution in [2.24, 2.45) is 7.05 Å². The first kappa shape index (κ1) is 22.6. The third-order valence-electron chi connectivity index (χ3n) is 5.74. The summed E-state index contributed by atoms with van der Waals surface area (Å²) in [6.07, 6.45) is -0.605. The number of aliphatic hydroxyl groups is 2. The number of piperazine rings is 1. The van der Waals surface area contributed by atoms with Crippen LogP contribution in [0, 0.1) is 6.92 Å². The Morgan fingerprint density at radius 1 is 1.20 bits per heavy atom. The van der Waals surface area contributed by atoms with Gasteiger partial charge in [0.25, 0.3) is 0 Å². The van der Waals surface area contributed by atoms with Gasteiger partial charge in [0.2, 0.25) is 0 Å². The maximum atomic E-state index is 12.4. The van der Waals surface area contributed by atoms with E-state index in [4.69, 9.17) is 14.6 Å². The second kappa shape index (κ2) is 10.3. The number of fused-ring (bicyclic) bond motifs is 1. The van der Waals surface area contributed by atoms with Crippen LogP contribution in [0.25, 0.3) is 10.9 Å². The number of rotatable bonds is 9. The Morgan fingerprint density at radius 2 is 1.90 bits per heavy atom. The van der Waals surface area contributed by atoms with Gasteiger partial charge in [0.05, 0.1) is 18.8 Å². The van der Waals surface area contributed by atoms with Gasteiger partial charge in [-0.15, -0.1) is 0 Å². The molecule has 2 N–H and O–H groups in total. The third kappa shape index (κ3) is 5.13. The number of nitrogens with zero attached hydrogens (tertiary/aromatic N) is 3. The first-order chi connectivity index (χ1) is 14.4. The molecule has 1 aliphatic heterocycles. The second-order valence-corrected chi connectivity index (χ2v) is 7.75.